The highest BCUT2D eigenvalue weighted by atomic mass is 32.2. The van der Waals surface area contributed by atoms with Crippen LogP contribution in [0.25, 0.3) is 0 Å². The van der Waals surface area contributed by atoms with Crippen LogP contribution < -0.4 is 10.6 Å². The molecule has 75 heavy (non-hydrogen) atoms. The van der Waals surface area contributed by atoms with Crippen molar-refractivity contribution in [3.63, 3.8) is 0 Å². The van der Waals surface area contributed by atoms with E-state index in [1.165, 1.54) is 35.3 Å². The number of ether oxygens (including phenoxy) is 8. The highest BCUT2D eigenvalue weighted by Gasteiger charge is 2.47. The Morgan fingerprint density at radius 3 is 1.40 bits per heavy atom. The standard InChI is InChI=1S/C46H84N2O22S5/c49-17-26-31(53)34(56)38(60)42(68-26)73-13-4-9-63-22-46(23-64-10-5-14-74-43-39(61)35(57)32(54)27(18-50)69-43,24-65-11-6-15-75-44-40(62)36(58)33(55)28(19-51)70-44)21-48-45(71)47-8-16-72-20-29-25-7-2-1-3-12-66-41(67-29)37(59)30(25)52/h25-44,49-62H,1-24H2,(H2,47,48,71)/t25?,26?,27?,28?,29?,30?,31-,32-,33-,34-,35-,36-,37?,38?,39?,40?,41+,42-,43-,44-,46?/m0/s1. The second-order valence-corrected chi connectivity index (χ2v) is 24.7. The van der Waals surface area contributed by atoms with Crippen molar-refractivity contribution in [1.29, 1.82) is 0 Å². The molecule has 0 saturated carbocycles. The van der Waals surface area contributed by atoms with Gasteiger partial charge >= 0.3 is 0 Å². The van der Waals surface area contributed by atoms with Gasteiger partial charge in [-0.25, -0.2) is 0 Å². The van der Waals surface area contributed by atoms with Crippen LogP contribution in [0.4, 0.5) is 0 Å². The Balaban J connectivity index is 1.18. The van der Waals surface area contributed by atoms with Gasteiger partial charge in [-0.1, -0.05) is 12.8 Å². The molecule has 10 unspecified atom stereocenters. The van der Waals surface area contributed by atoms with Gasteiger partial charge in [0.2, 0.25) is 0 Å². The normalized spacial score (nSPS) is 38.5. The van der Waals surface area contributed by atoms with Crippen LogP contribution in [-0.2, 0) is 37.9 Å². The minimum absolute atomic E-state index is 0.107. The molecule has 0 aromatic rings. The summed E-state index contributed by atoms with van der Waals surface area (Å²) in [5, 5.41) is 150. The van der Waals surface area contributed by atoms with Gasteiger partial charge in [0.25, 0.3) is 0 Å². The SMILES string of the molecule is OCC1O[C@@H](SCCCOCC(CNC(=S)NCCSCC2O[C@H]3OCCCCCC2C(O)C3O)(COCCCS[C@@H]2OC(CO)[C@H](O)[C@H](O)C2O)COCCCS[C@@H]2OC(CO)[C@H](O)[C@H](O)C2O)C(O)[C@@H](O)[C@H]1O. The summed E-state index contributed by atoms with van der Waals surface area (Å²) < 4.78 is 47.7. The second-order valence-electron chi connectivity index (χ2n) is 19.5. The van der Waals surface area contributed by atoms with Gasteiger partial charge in [0.05, 0.1) is 57.3 Å². The Bertz CT molecular complexity index is 1460. The van der Waals surface area contributed by atoms with Crippen LogP contribution in [0.2, 0.25) is 0 Å². The molecule has 0 aromatic heterocycles. The molecule has 2 bridgehead atoms. The third kappa shape index (κ3) is 20.0. The summed E-state index contributed by atoms with van der Waals surface area (Å²) in [6.07, 6.45) is -14.4. The van der Waals surface area contributed by atoms with E-state index in [-0.39, 0.29) is 58.2 Å². The van der Waals surface area contributed by atoms with Crippen LogP contribution >= 0.6 is 59.3 Å². The molecule has 6 rings (SSSR count). The molecule has 6 aliphatic rings. The van der Waals surface area contributed by atoms with E-state index in [0.717, 1.165) is 25.7 Å². The number of hydrogen-bond donors (Lipinski definition) is 16. The van der Waals surface area contributed by atoms with Gasteiger partial charge in [-0.3, -0.25) is 0 Å². The average Bonchev–Trinajstić information content (AvgIpc) is 3.41. The maximum atomic E-state index is 10.9. The Labute approximate surface area is 460 Å². The Hall–Kier alpha value is 0.210. The first-order valence-corrected chi connectivity index (χ1v) is 30.5. The first kappa shape index (κ1) is 66.0. The van der Waals surface area contributed by atoms with E-state index in [0.29, 0.717) is 66.3 Å². The zero-order valence-electron chi connectivity index (χ0n) is 42.1. The number of fused-ring (bicyclic) bond motifs is 7. The molecular formula is C46H84N2O22S5. The molecule has 0 spiro atoms. The van der Waals surface area contributed by atoms with Crippen molar-refractivity contribution in [3.05, 3.63) is 0 Å². The van der Waals surface area contributed by atoms with Crippen LogP contribution in [0.1, 0.15) is 44.9 Å². The van der Waals surface area contributed by atoms with E-state index >= 15 is 0 Å². The molecule has 16 N–H and O–H groups in total. The maximum absolute atomic E-state index is 10.9. The Morgan fingerprint density at radius 2 is 0.960 bits per heavy atom. The summed E-state index contributed by atoms with van der Waals surface area (Å²) in [5.41, 5.74) is -3.57. The minimum atomic E-state index is -1.49. The van der Waals surface area contributed by atoms with Crippen molar-refractivity contribution in [1.82, 2.24) is 10.6 Å². The number of aliphatic hydroxyl groups is 14. The molecule has 6 saturated heterocycles. The first-order valence-electron chi connectivity index (χ1n) is 25.8. The maximum Gasteiger partial charge on any atom is 0.186 e. The quantitative estimate of drug-likeness (QED) is 0.0230. The number of rotatable bonds is 31. The summed E-state index contributed by atoms with van der Waals surface area (Å²) in [5.74, 6) is 2.28. The van der Waals surface area contributed by atoms with Gasteiger partial charge in [0.15, 0.2) is 11.4 Å². The predicted octanol–water partition coefficient (Wildman–Crippen LogP) is -4.36. The second kappa shape index (κ2) is 34.6. The summed E-state index contributed by atoms with van der Waals surface area (Å²) in [6, 6.07) is 0. The zero-order chi connectivity index (χ0) is 54.5. The van der Waals surface area contributed by atoms with Crippen LogP contribution in [0.15, 0.2) is 0 Å². The largest absolute Gasteiger partial charge is 0.394 e. The van der Waals surface area contributed by atoms with E-state index in [4.69, 9.17) is 50.1 Å². The lowest BCUT2D eigenvalue weighted by atomic mass is 9.85. The third-order valence-corrected chi connectivity index (χ3v) is 18.7. The molecule has 6 fully saturated rings. The zero-order valence-corrected chi connectivity index (χ0v) is 46.2. The lowest BCUT2D eigenvalue weighted by Gasteiger charge is -2.43. The molecule has 24 nitrogen and oxygen atoms in total. The fourth-order valence-electron chi connectivity index (χ4n) is 9.11. The highest BCUT2D eigenvalue weighted by molar-refractivity contribution is 8.00. The first-order chi connectivity index (χ1) is 36.1. The van der Waals surface area contributed by atoms with Crippen molar-refractivity contribution >= 4 is 64.4 Å². The average molecular weight is 1180 g/mol. The molecule has 6 heterocycles. The van der Waals surface area contributed by atoms with Gasteiger partial charge in [-0.05, 0) is 61.6 Å². The summed E-state index contributed by atoms with van der Waals surface area (Å²) >= 11 is 11.0. The van der Waals surface area contributed by atoms with Gasteiger partial charge in [-0.2, -0.15) is 11.8 Å². The van der Waals surface area contributed by atoms with Crippen molar-refractivity contribution in [2.75, 3.05) is 108 Å². The highest BCUT2D eigenvalue weighted by Crippen LogP contribution is 2.35. The lowest BCUT2D eigenvalue weighted by Crippen LogP contribution is -2.57. The topological polar surface area (TPSA) is 381 Å². The third-order valence-electron chi connectivity index (χ3n) is 13.7. The number of nitrogens with one attached hydrogen (secondary N) is 2. The summed E-state index contributed by atoms with van der Waals surface area (Å²) in [4.78, 5) is 0. The van der Waals surface area contributed by atoms with Crippen LogP contribution in [0.3, 0.4) is 0 Å². The van der Waals surface area contributed by atoms with Crippen LogP contribution in [0.5, 0.6) is 0 Å². The van der Waals surface area contributed by atoms with Crippen molar-refractivity contribution in [2.45, 2.75) is 159 Å². The molecule has 0 aromatic carbocycles. The van der Waals surface area contributed by atoms with E-state index in [1.807, 2.05) is 0 Å². The molecule has 29 heteroatoms. The van der Waals surface area contributed by atoms with Crippen LogP contribution in [0, 0.1) is 11.3 Å². The smallest absolute Gasteiger partial charge is 0.186 e. The molecule has 0 amide bonds. The Morgan fingerprint density at radius 1 is 0.507 bits per heavy atom. The van der Waals surface area contributed by atoms with Crippen molar-refractivity contribution in [3.8, 4) is 0 Å². The molecule has 20 atom stereocenters. The number of thioether (sulfide) groups is 4. The minimum Gasteiger partial charge on any atom is -0.394 e. The summed E-state index contributed by atoms with van der Waals surface area (Å²) in [7, 11) is 0. The fraction of sp³-hybridized carbons (Fsp3) is 0.978. The summed E-state index contributed by atoms with van der Waals surface area (Å²) in [6.45, 7) is 0.581. The number of thiocarbonyl (C=S) groups is 1. The monoisotopic (exact) mass is 1180 g/mol. The lowest BCUT2D eigenvalue weighted by molar-refractivity contribution is -0.284. The van der Waals surface area contributed by atoms with E-state index in [9.17, 15) is 71.5 Å². The Kier molecular flexibility index (Phi) is 30.5. The van der Waals surface area contributed by atoms with Gasteiger partial charge in [0, 0.05) is 56.9 Å². The molecule has 0 radical (unpaired) electrons. The molecular weight excluding hydrogens is 1090 g/mol. The van der Waals surface area contributed by atoms with E-state index in [1.54, 1.807) is 11.8 Å². The van der Waals surface area contributed by atoms with E-state index < -0.39 is 133 Å². The van der Waals surface area contributed by atoms with E-state index in [2.05, 4.69) is 10.6 Å². The van der Waals surface area contributed by atoms with Crippen molar-refractivity contribution in [2.24, 2.45) is 11.3 Å². The van der Waals surface area contributed by atoms with Gasteiger partial charge < -0.3 is 120 Å². The van der Waals surface area contributed by atoms with Gasteiger partial charge in [-0.15, -0.1) is 35.3 Å². The van der Waals surface area contributed by atoms with Crippen molar-refractivity contribution < 1.29 is 109 Å². The number of hydrogen-bond acceptors (Lipinski definition) is 27. The fourth-order valence-corrected chi connectivity index (χ4v) is 13.5. The molecule has 6 aliphatic heterocycles. The number of aliphatic hydroxyl groups excluding tert-OH is 14. The van der Waals surface area contributed by atoms with Gasteiger partial charge in [0.1, 0.15) is 95.7 Å². The molecule has 0 aliphatic carbocycles. The van der Waals surface area contributed by atoms with Crippen LogP contribution in [-0.4, -0.2) is 299 Å². The predicted molar refractivity (Wildman–Crippen MR) is 282 cm³/mol. The molecule has 440 valence electrons.